The molecule has 1 aromatic rings. The molecule has 0 N–H and O–H groups in total. The summed E-state index contributed by atoms with van der Waals surface area (Å²) in [5.41, 5.74) is 1.78. The smallest absolute Gasteiger partial charge is 0.254 e. The van der Waals surface area contributed by atoms with E-state index in [2.05, 4.69) is 31.9 Å². The van der Waals surface area contributed by atoms with Gasteiger partial charge in [-0.2, -0.15) is 0 Å². The van der Waals surface area contributed by atoms with Crippen LogP contribution < -0.4 is 0 Å². The van der Waals surface area contributed by atoms with Crippen molar-refractivity contribution in [2.24, 2.45) is 0 Å². The molecule has 0 aliphatic carbocycles. The van der Waals surface area contributed by atoms with Gasteiger partial charge in [0.2, 0.25) is 0 Å². The van der Waals surface area contributed by atoms with Crippen molar-refractivity contribution in [3.05, 3.63) is 33.8 Å². The van der Waals surface area contributed by atoms with Gasteiger partial charge in [-0.15, -0.1) is 0 Å². The van der Waals surface area contributed by atoms with Crippen molar-refractivity contribution in [2.45, 2.75) is 6.92 Å². The second kappa shape index (κ2) is 7.92. The van der Waals surface area contributed by atoms with Crippen LogP contribution in [0.3, 0.4) is 0 Å². The van der Waals surface area contributed by atoms with Gasteiger partial charge in [0.15, 0.2) is 0 Å². The van der Waals surface area contributed by atoms with Crippen molar-refractivity contribution >= 4 is 37.8 Å². The van der Waals surface area contributed by atoms with Crippen molar-refractivity contribution < 1.29 is 9.53 Å². The molecule has 18 heavy (non-hydrogen) atoms. The summed E-state index contributed by atoms with van der Waals surface area (Å²) >= 11 is 6.79. The highest BCUT2D eigenvalue weighted by Crippen LogP contribution is 2.17. The van der Waals surface area contributed by atoms with Crippen molar-refractivity contribution in [1.29, 1.82) is 0 Å². The van der Waals surface area contributed by atoms with Gasteiger partial charge in [0.05, 0.1) is 6.61 Å². The Morgan fingerprint density at radius 3 is 2.61 bits per heavy atom. The van der Waals surface area contributed by atoms with E-state index < -0.39 is 0 Å². The van der Waals surface area contributed by atoms with E-state index in [1.54, 1.807) is 12.0 Å². The summed E-state index contributed by atoms with van der Waals surface area (Å²) < 4.78 is 5.96. The van der Waals surface area contributed by atoms with Crippen LogP contribution in [0.2, 0.25) is 0 Å². The molecular formula is C13H17Br2NO2. The molecule has 5 heteroatoms. The number of aryl methyl sites for hydroxylation is 1. The lowest BCUT2D eigenvalue weighted by Crippen LogP contribution is -2.35. The van der Waals surface area contributed by atoms with Crippen molar-refractivity contribution in [3.63, 3.8) is 0 Å². The van der Waals surface area contributed by atoms with Crippen molar-refractivity contribution in [3.8, 4) is 0 Å². The number of carbonyl (C=O) groups is 1. The molecule has 0 fully saturated rings. The summed E-state index contributed by atoms with van der Waals surface area (Å²) in [5.74, 6) is 0.0379. The zero-order valence-corrected chi connectivity index (χ0v) is 13.8. The van der Waals surface area contributed by atoms with Gasteiger partial charge in [-0.3, -0.25) is 4.79 Å². The molecule has 1 rings (SSSR count). The molecule has 0 saturated carbocycles. The van der Waals surface area contributed by atoms with Crippen LogP contribution in [0.25, 0.3) is 0 Å². The molecule has 100 valence electrons. The number of ether oxygens (including phenoxy) is 1. The van der Waals surface area contributed by atoms with E-state index in [1.165, 1.54) is 0 Å². The number of rotatable bonds is 6. The summed E-state index contributed by atoms with van der Waals surface area (Å²) in [4.78, 5) is 14.2. The van der Waals surface area contributed by atoms with Gasteiger partial charge >= 0.3 is 0 Å². The third-order valence-electron chi connectivity index (χ3n) is 2.50. The standard InChI is InChI=1S/C13H17Br2NO2/c1-10-7-11(9-12(15)8-10)13(17)16(4-3-14)5-6-18-2/h7-9H,3-6H2,1-2H3. The van der Waals surface area contributed by atoms with Crippen LogP contribution in [-0.2, 0) is 4.74 Å². The Bertz CT molecular complexity index is 390. The normalized spacial score (nSPS) is 10.4. The Balaban J connectivity index is 2.86. The predicted octanol–water partition coefficient (Wildman–Crippen LogP) is 3.24. The minimum atomic E-state index is 0.0379. The lowest BCUT2D eigenvalue weighted by molar-refractivity contribution is 0.0709. The largest absolute Gasteiger partial charge is 0.383 e. The van der Waals surface area contributed by atoms with E-state index in [9.17, 15) is 4.79 Å². The maximum absolute atomic E-state index is 12.4. The zero-order valence-electron chi connectivity index (χ0n) is 10.6. The molecule has 3 nitrogen and oxygen atoms in total. The van der Waals surface area contributed by atoms with Crippen LogP contribution in [0.4, 0.5) is 0 Å². The quantitative estimate of drug-likeness (QED) is 0.711. The van der Waals surface area contributed by atoms with Crippen molar-refractivity contribution in [1.82, 2.24) is 4.90 Å². The molecule has 0 aliphatic rings. The van der Waals surface area contributed by atoms with E-state index in [1.807, 2.05) is 25.1 Å². The number of methoxy groups -OCH3 is 1. The Labute approximate surface area is 125 Å². The number of halogens is 2. The highest BCUT2D eigenvalue weighted by molar-refractivity contribution is 9.10. The van der Waals surface area contributed by atoms with Crippen LogP contribution in [0, 0.1) is 6.92 Å². The maximum atomic E-state index is 12.4. The zero-order chi connectivity index (χ0) is 13.5. The van der Waals surface area contributed by atoms with Crippen LogP contribution in [0.15, 0.2) is 22.7 Å². The fraction of sp³-hybridized carbons (Fsp3) is 0.462. The molecule has 0 aliphatic heterocycles. The molecular weight excluding hydrogens is 362 g/mol. The van der Waals surface area contributed by atoms with E-state index in [0.717, 1.165) is 15.4 Å². The Morgan fingerprint density at radius 1 is 1.33 bits per heavy atom. The number of alkyl halides is 1. The first-order chi connectivity index (χ1) is 8.58. The second-order valence-corrected chi connectivity index (χ2v) is 5.70. The van der Waals surface area contributed by atoms with Gasteiger partial charge in [-0.05, 0) is 30.7 Å². The number of benzene rings is 1. The fourth-order valence-corrected chi connectivity index (χ4v) is 2.70. The van der Waals surface area contributed by atoms with Crippen molar-refractivity contribution in [2.75, 3.05) is 32.1 Å². The molecule has 0 aromatic heterocycles. The van der Waals surface area contributed by atoms with E-state index >= 15 is 0 Å². The Hall–Kier alpha value is -0.390. The highest BCUT2D eigenvalue weighted by Gasteiger charge is 2.15. The summed E-state index contributed by atoms with van der Waals surface area (Å²) in [6, 6.07) is 5.74. The first-order valence-electron chi connectivity index (χ1n) is 5.70. The van der Waals surface area contributed by atoms with Gasteiger partial charge < -0.3 is 9.64 Å². The summed E-state index contributed by atoms with van der Waals surface area (Å²) in [6.45, 7) is 3.80. The molecule has 0 radical (unpaired) electrons. The van der Waals surface area contributed by atoms with E-state index in [0.29, 0.717) is 25.3 Å². The first-order valence-corrected chi connectivity index (χ1v) is 7.61. The maximum Gasteiger partial charge on any atom is 0.254 e. The average Bonchev–Trinajstić information content (AvgIpc) is 2.32. The molecule has 0 bridgehead atoms. The second-order valence-electron chi connectivity index (χ2n) is 3.99. The monoisotopic (exact) mass is 377 g/mol. The molecule has 0 heterocycles. The van der Waals surface area contributed by atoms with Gasteiger partial charge in [-0.25, -0.2) is 0 Å². The van der Waals surface area contributed by atoms with Crippen LogP contribution in [0.1, 0.15) is 15.9 Å². The average molecular weight is 379 g/mol. The summed E-state index contributed by atoms with van der Waals surface area (Å²) in [7, 11) is 1.64. The minimum Gasteiger partial charge on any atom is -0.383 e. The third kappa shape index (κ3) is 4.71. The Morgan fingerprint density at radius 2 is 2.06 bits per heavy atom. The minimum absolute atomic E-state index is 0.0379. The van der Waals surface area contributed by atoms with Crippen LogP contribution >= 0.6 is 31.9 Å². The van der Waals surface area contributed by atoms with Gasteiger partial charge in [-0.1, -0.05) is 31.9 Å². The van der Waals surface area contributed by atoms with Crippen LogP contribution in [-0.4, -0.2) is 42.9 Å². The van der Waals surface area contributed by atoms with E-state index in [4.69, 9.17) is 4.74 Å². The molecule has 0 unspecified atom stereocenters. The van der Waals surface area contributed by atoms with Crippen LogP contribution in [0.5, 0.6) is 0 Å². The summed E-state index contributed by atoms with van der Waals surface area (Å²) in [6.07, 6.45) is 0. The molecule has 0 spiro atoms. The SMILES string of the molecule is COCCN(CCBr)C(=O)c1cc(C)cc(Br)c1. The number of hydrogen-bond acceptors (Lipinski definition) is 2. The number of nitrogens with zero attached hydrogens (tertiary/aromatic N) is 1. The number of amides is 1. The van der Waals surface area contributed by atoms with Gasteiger partial charge in [0.1, 0.15) is 0 Å². The first kappa shape index (κ1) is 15.7. The Kier molecular flexibility index (Phi) is 6.89. The lowest BCUT2D eigenvalue weighted by atomic mass is 10.1. The van der Waals surface area contributed by atoms with Gasteiger partial charge in [0, 0.05) is 35.6 Å². The topological polar surface area (TPSA) is 29.5 Å². The molecule has 0 atom stereocenters. The predicted molar refractivity (Wildman–Crippen MR) is 80.5 cm³/mol. The molecule has 1 amide bonds. The third-order valence-corrected chi connectivity index (χ3v) is 3.31. The molecule has 0 saturated heterocycles. The number of hydrogen-bond donors (Lipinski definition) is 0. The molecule has 1 aromatic carbocycles. The lowest BCUT2D eigenvalue weighted by Gasteiger charge is -2.21. The van der Waals surface area contributed by atoms with Gasteiger partial charge in [0.25, 0.3) is 5.91 Å². The fourth-order valence-electron chi connectivity index (χ4n) is 1.66. The highest BCUT2D eigenvalue weighted by atomic mass is 79.9. The number of carbonyl (C=O) groups excluding carboxylic acids is 1. The summed E-state index contributed by atoms with van der Waals surface area (Å²) in [5, 5.41) is 0.759. The van der Waals surface area contributed by atoms with E-state index in [-0.39, 0.29) is 5.91 Å².